The number of halogens is 2. The molecular formula is C17H15ClFNS. The predicted octanol–water partition coefficient (Wildman–Crippen LogP) is 5.20. The van der Waals surface area contributed by atoms with Gasteiger partial charge in [-0.25, -0.2) is 4.39 Å². The fraction of sp³-hybridized carbons (Fsp3) is 0.176. The van der Waals surface area contributed by atoms with Crippen LogP contribution in [0.15, 0.2) is 47.8 Å². The molecule has 0 bridgehead atoms. The number of hydrogen-bond donors (Lipinski definition) is 1. The Bertz CT molecular complexity index is 768. The number of hydrogen-bond acceptors (Lipinski definition) is 2. The zero-order chi connectivity index (χ0) is 14.8. The van der Waals surface area contributed by atoms with Crippen LogP contribution >= 0.6 is 22.9 Å². The van der Waals surface area contributed by atoms with Crippen molar-refractivity contribution in [2.24, 2.45) is 0 Å². The summed E-state index contributed by atoms with van der Waals surface area (Å²) in [5.41, 5.74) is 2.06. The number of benzene rings is 2. The summed E-state index contributed by atoms with van der Waals surface area (Å²) < 4.78 is 14.9. The maximum atomic E-state index is 13.6. The largest absolute Gasteiger partial charge is 0.313 e. The number of thiophene rings is 1. The fourth-order valence-corrected chi connectivity index (χ4v) is 3.80. The van der Waals surface area contributed by atoms with Crippen LogP contribution in [0.5, 0.6) is 0 Å². The summed E-state index contributed by atoms with van der Waals surface area (Å²) in [5, 5.41) is 6.88. The SMILES string of the molecule is CNC(Cc1csc2ccccc12)c1cccc(F)c1Cl. The van der Waals surface area contributed by atoms with E-state index in [-0.39, 0.29) is 16.9 Å². The van der Waals surface area contributed by atoms with Crippen LogP contribution in [0.2, 0.25) is 5.02 Å². The van der Waals surface area contributed by atoms with Crippen LogP contribution in [-0.2, 0) is 6.42 Å². The molecular weight excluding hydrogens is 305 g/mol. The monoisotopic (exact) mass is 319 g/mol. The van der Waals surface area contributed by atoms with Crippen LogP contribution in [0.3, 0.4) is 0 Å². The fourth-order valence-electron chi connectivity index (χ4n) is 2.57. The van der Waals surface area contributed by atoms with Gasteiger partial charge in [-0.2, -0.15) is 0 Å². The highest BCUT2D eigenvalue weighted by Crippen LogP contribution is 2.32. The van der Waals surface area contributed by atoms with E-state index in [0.29, 0.717) is 0 Å². The molecule has 2 aromatic carbocycles. The molecule has 4 heteroatoms. The van der Waals surface area contributed by atoms with Crippen molar-refractivity contribution in [3.63, 3.8) is 0 Å². The Kier molecular flexibility index (Phi) is 4.24. The minimum Gasteiger partial charge on any atom is -0.313 e. The standard InChI is InChI=1S/C17H15ClFNS/c1-20-15(13-6-4-7-14(19)17(13)18)9-11-10-21-16-8-3-2-5-12(11)16/h2-8,10,15,20H,9H2,1H3. The second kappa shape index (κ2) is 6.14. The van der Waals surface area contributed by atoms with Crippen molar-refractivity contribution < 1.29 is 4.39 Å². The predicted molar refractivity (Wildman–Crippen MR) is 88.7 cm³/mol. The summed E-state index contributed by atoms with van der Waals surface area (Å²) in [6, 6.07) is 13.3. The average Bonchev–Trinajstić information content (AvgIpc) is 2.91. The van der Waals surface area contributed by atoms with Crippen LogP contribution in [0.25, 0.3) is 10.1 Å². The maximum Gasteiger partial charge on any atom is 0.142 e. The van der Waals surface area contributed by atoms with Gasteiger partial charge in [-0.3, -0.25) is 0 Å². The van der Waals surface area contributed by atoms with Crippen molar-refractivity contribution >= 4 is 33.0 Å². The average molecular weight is 320 g/mol. The molecule has 21 heavy (non-hydrogen) atoms. The summed E-state index contributed by atoms with van der Waals surface area (Å²) in [7, 11) is 1.88. The Morgan fingerprint density at radius 3 is 2.81 bits per heavy atom. The summed E-state index contributed by atoms with van der Waals surface area (Å²) in [6.45, 7) is 0. The first-order valence-electron chi connectivity index (χ1n) is 6.77. The van der Waals surface area contributed by atoms with Gasteiger partial charge in [-0.1, -0.05) is 41.9 Å². The van der Waals surface area contributed by atoms with Crippen LogP contribution < -0.4 is 5.32 Å². The van der Waals surface area contributed by atoms with Crippen molar-refractivity contribution in [3.05, 3.63) is 69.8 Å². The van der Waals surface area contributed by atoms with Gasteiger partial charge < -0.3 is 5.32 Å². The highest BCUT2D eigenvalue weighted by atomic mass is 35.5. The van der Waals surface area contributed by atoms with Crippen LogP contribution in [-0.4, -0.2) is 7.05 Å². The van der Waals surface area contributed by atoms with Gasteiger partial charge in [0.1, 0.15) is 5.82 Å². The molecule has 1 heterocycles. The van der Waals surface area contributed by atoms with Crippen molar-refractivity contribution in [1.29, 1.82) is 0 Å². The summed E-state index contributed by atoms with van der Waals surface area (Å²) in [5.74, 6) is -0.371. The Hall–Kier alpha value is -1.42. The zero-order valence-electron chi connectivity index (χ0n) is 11.6. The third-order valence-corrected chi connectivity index (χ3v) is 5.10. The van der Waals surface area contributed by atoms with E-state index in [2.05, 4.69) is 22.8 Å². The molecule has 0 fully saturated rings. The first-order valence-corrected chi connectivity index (χ1v) is 8.02. The Morgan fingerprint density at radius 2 is 2.00 bits per heavy atom. The van der Waals surface area contributed by atoms with Gasteiger partial charge in [0.15, 0.2) is 0 Å². The van der Waals surface area contributed by atoms with Crippen LogP contribution in [0, 0.1) is 5.82 Å². The Balaban J connectivity index is 1.96. The van der Waals surface area contributed by atoms with E-state index in [9.17, 15) is 4.39 Å². The molecule has 0 aliphatic carbocycles. The quantitative estimate of drug-likeness (QED) is 0.697. The molecule has 0 aliphatic heterocycles. The van der Waals surface area contributed by atoms with Crippen molar-refractivity contribution in [3.8, 4) is 0 Å². The molecule has 3 aromatic rings. The zero-order valence-corrected chi connectivity index (χ0v) is 13.1. The lowest BCUT2D eigenvalue weighted by Crippen LogP contribution is -2.19. The molecule has 1 unspecified atom stereocenters. The second-order valence-electron chi connectivity index (χ2n) is 4.95. The number of rotatable bonds is 4. The molecule has 0 spiro atoms. The molecule has 1 nitrogen and oxygen atoms in total. The minimum absolute atomic E-state index is 0.00814. The van der Waals surface area contributed by atoms with Crippen molar-refractivity contribution in [2.75, 3.05) is 7.05 Å². The summed E-state index contributed by atoms with van der Waals surface area (Å²) in [6.07, 6.45) is 0.781. The molecule has 0 radical (unpaired) electrons. The van der Waals surface area contributed by atoms with Gasteiger partial charge in [0.05, 0.1) is 5.02 Å². The lowest BCUT2D eigenvalue weighted by molar-refractivity contribution is 0.579. The first-order chi connectivity index (χ1) is 10.2. The summed E-state index contributed by atoms with van der Waals surface area (Å²) >= 11 is 7.85. The van der Waals surface area contributed by atoms with E-state index in [1.54, 1.807) is 17.4 Å². The third-order valence-electron chi connectivity index (χ3n) is 3.69. The molecule has 108 valence electrons. The number of fused-ring (bicyclic) bond motifs is 1. The Labute approximate surface area is 132 Å². The molecule has 3 rings (SSSR count). The Morgan fingerprint density at radius 1 is 1.19 bits per heavy atom. The molecule has 1 N–H and O–H groups in total. The normalized spacial score (nSPS) is 12.7. The molecule has 0 saturated heterocycles. The van der Waals surface area contributed by atoms with Crippen LogP contribution in [0.1, 0.15) is 17.2 Å². The minimum atomic E-state index is -0.371. The van der Waals surface area contributed by atoms with Crippen molar-refractivity contribution in [1.82, 2.24) is 5.32 Å². The van der Waals surface area contributed by atoms with Crippen LogP contribution in [0.4, 0.5) is 4.39 Å². The van der Waals surface area contributed by atoms with Gasteiger partial charge in [-0.05, 0) is 47.5 Å². The first kappa shape index (κ1) is 14.5. The van der Waals surface area contributed by atoms with Gasteiger partial charge in [0, 0.05) is 10.7 Å². The lowest BCUT2D eigenvalue weighted by atomic mass is 9.98. The maximum absolute atomic E-state index is 13.6. The van der Waals surface area contributed by atoms with Gasteiger partial charge in [-0.15, -0.1) is 11.3 Å². The third kappa shape index (κ3) is 2.82. The van der Waals surface area contributed by atoms with E-state index in [1.165, 1.54) is 21.7 Å². The molecule has 1 atom stereocenters. The molecule has 0 aliphatic rings. The topological polar surface area (TPSA) is 12.0 Å². The van der Waals surface area contributed by atoms with E-state index in [4.69, 9.17) is 11.6 Å². The van der Waals surface area contributed by atoms with Gasteiger partial charge >= 0.3 is 0 Å². The summed E-state index contributed by atoms with van der Waals surface area (Å²) in [4.78, 5) is 0. The van der Waals surface area contributed by atoms with E-state index >= 15 is 0 Å². The highest BCUT2D eigenvalue weighted by molar-refractivity contribution is 7.17. The second-order valence-corrected chi connectivity index (χ2v) is 6.23. The molecule has 0 amide bonds. The molecule has 1 aromatic heterocycles. The van der Waals surface area contributed by atoms with Gasteiger partial charge in [0.25, 0.3) is 0 Å². The van der Waals surface area contributed by atoms with E-state index in [1.807, 2.05) is 25.2 Å². The van der Waals surface area contributed by atoms with E-state index in [0.717, 1.165) is 12.0 Å². The number of likely N-dealkylation sites (N-methyl/N-ethyl adjacent to an activating group) is 1. The van der Waals surface area contributed by atoms with Crippen molar-refractivity contribution in [2.45, 2.75) is 12.5 Å². The number of nitrogens with one attached hydrogen (secondary N) is 1. The molecule has 0 saturated carbocycles. The van der Waals surface area contributed by atoms with Gasteiger partial charge in [0.2, 0.25) is 0 Å². The van der Waals surface area contributed by atoms with E-state index < -0.39 is 0 Å². The smallest absolute Gasteiger partial charge is 0.142 e. The highest BCUT2D eigenvalue weighted by Gasteiger charge is 2.17. The lowest BCUT2D eigenvalue weighted by Gasteiger charge is -2.18.